The van der Waals surface area contributed by atoms with Crippen LogP contribution in [0.1, 0.15) is 35.1 Å². The van der Waals surface area contributed by atoms with Gasteiger partial charge in [0.25, 0.3) is 0 Å². The summed E-state index contributed by atoms with van der Waals surface area (Å²) in [6.45, 7) is 9.17. The highest BCUT2D eigenvalue weighted by atomic mass is 16.5. The Morgan fingerprint density at radius 3 is 2.22 bits per heavy atom. The Kier molecular flexibility index (Phi) is 2.58. The van der Waals surface area contributed by atoms with Crippen LogP contribution in [0.4, 0.5) is 0 Å². The van der Waals surface area contributed by atoms with Gasteiger partial charge in [-0.05, 0) is 67.8 Å². The Morgan fingerprint density at radius 1 is 1.11 bits per heavy atom. The van der Waals surface area contributed by atoms with Crippen LogP contribution in [-0.4, -0.2) is 19.8 Å². The molecule has 3 rings (SSSR count). The zero-order valence-electron chi connectivity index (χ0n) is 11.7. The van der Waals surface area contributed by atoms with E-state index in [1.807, 2.05) is 0 Å². The summed E-state index contributed by atoms with van der Waals surface area (Å²) in [5.74, 6) is 0. The zero-order chi connectivity index (χ0) is 13.0. The molecule has 1 saturated heterocycles. The van der Waals surface area contributed by atoms with Gasteiger partial charge >= 0.3 is 0 Å². The minimum atomic E-state index is 0.199. The molecular formula is C16H23NO. The van der Waals surface area contributed by atoms with Gasteiger partial charge < -0.3 is 10.5 Å². The van der Waals surface area contributed by atoms with Crippen molar-refractivity contribution in [3.05, 3.63) is 34.4 Å². The molecule has 1 aliphatic heterocycles. The highest BCUT2D eigenvalue weighted by Crippen LogP contribution is 2.62. The first kappa shape index (κ1) is 12.2. The van der Waals surface area contributed by atoms with E-state index < -0.39 is 0 Å². The van der Waals surface area contributed by atoms with Gasteiger partial charge in [0, 0.05) is 5.41 Å². The summed E-state index contributed by atoms with van der Waals surface area (Å²) in [6.07, 6.45) is 2.53. The summed E-state index contributed by atoms with van der Waals surface area (Å²) in [5.41, 5.74) is 12.3. The molecule has 1 aromatic rings. The lowest BCUT2D eigenvalue weighted by Crippen LogP contribution is -2.56. The lowest BCUT2D eigenvalue weighted by atomic mass is 9.64. The number of rotatable bonds is 3. The van der Waals surface area contributed by atoms with Crippen LogP contribution in [0.2, 0.25) is 0 Å². The molecule has 1 heterocycles. The van der Waals surface area contributed by atoms with E-state index in [2.05, 4.69) is 32.9 Å². The second-order valence-electron chi connectivity index (χ2n) is 6.24. The van der Waals surface area contributed by atoms with Gasteiger partial charge in [-0.25, -0.2) is 0 Å². The van der Waals surface area contributed by atoms with Crippen LogP contribution in [0.15, 0.2) is 12.1 Å². The topological polar surface area (TPSA) is 35.2 Å². The van der Waals surface area contributed by atoms with E-state index in [-0.39, 0.29) is 5.41 Å². The van der Waals surface area contributed by atoms with E-state index >= 15 is 0 Å². The van der Waals surface area contributed by atoms with Gasteiger partial charge in [-0.3, -0.25) is 0 Å². The van der Waals surface area contributed by atoms with E-state index in [1.165, 1.54) is 35.1 Å². The average Bonchev–Trinajstić information content (AvgIpc) is 3.09. The van der Waals surface area contributed by atoms with E-state index in [0.29, 0.717) is 5.41 Å². The molecule has 0 radical (unpaired) electrons. The summed E-state index contributed by atoms with van der Waals surface area (Å²) in [5, 5.41) is 0. The Balaban J connectivity index is 2.11. The van der Waals surface area contributed by atoms with E-state index in [9.17, 15) is 0 Å². The van der Waals surface area contributed by atoms with Gasteiger partial charge in [0.1, 0.15) is 0 Å². The Labute approximate surface area is 110 Å². The zero-order valence-corrected chi connectivity index (χ0v) is 11.7. The van der Waals surface area contributed by atoms with Crippen LogP contribution in [0, 0.1) is 26.2 Å². The fraction of sp³-hybridized carbons (Fsp3) is 0.625. The van der Waals surface area contributed by atoms with Crippen molar-refractivity contribution in [1.82, 2.24) is 0 Å². The fourth-order valence-electron chi connectivity index (χ4n) is 3.56. The molecule has 1 saturated carbocycles. The number of benzene rings is 1. The maximum absolute atomic E-state index is 6.06. The number of hydrogen-bond acceptors (Lipinski definition) is 2. The van der Waals surface area contributed by atoms with Gasteiger partial charge in [0.15, 0.2) is 0 Å². The summed E-state index contributed by atoms with van der Waals surface area (Å²) in [6, 6.07) is 4.57. The molecule has 0 bridgehead atoms. The first-order valence-electron chi connectivity index (χ1n) is 6.91. The Hall–Kier alpha value is -0.860. The van der Waals surface area contributed by atoms with Crippen molar-refractivity contribution in [1.29, 1.82) is 0 Å². The quantitative estimate of drug-likeness (QED) is 0.888. The highest BCUT2D eigenvalue weighted by molar-refractivity contribution is 5.46. The van der Waals surface area contributed by atoms with Crippen molar-refractivity contribution in [2.45, 2.75) is 39.0 Å². The summed E-state index contributed by atoms with van der Waals surface area (Å²) in [7, 11) is 0. The van der Waals surface area contributed by atoms with Crippen molar-refractivity contribution in [2.75, 3.05) is 19.8 Å². The second-order valence-corrected chi connectivity index (χ2v) is 6.24. The van der Waals surface area contributed by atoms with E-state index in [0.717, 1.165) is 19.8 Å². The summed E-state index contributed by atoms with van der Waals surface area (Å²) in [4.78, 5) is 0. The minimum absolute atomic E-state index is 0.199. The maximum atomic E-state index is 6.06. The monoisotopic (exact) mass is 245 g/mol. The molecule has 0 spiro atoms. The molecule has 2 heteroatoms. The Bertz CT molecular complexity index is 484. The number of nitrogens with two attached hydrogens (primary N) is 1. The molecule has 0 unspecified atom stereocenters. The predicted octanol–water partition coefficient (Wildman–Crippen LogP) is 2.62. The van der Waals surface area contributed by atoms with Crippen molar-refractivity contribution in [2.24, 2.45) is 11.1 Å². The Morgan fingerprint density at radius 2 is 1.78 bits per heavy atom. The standard InChI is InChI=1S/C16H23NO/c1-11-4-5-14(13(3)12(11)2)16(9-18-10-16)15(8-17)6-7-15/h4-5H,6-10,17H2,1-3H3. The normalized spacial score (nSPS) is 23.6. The van der Waals surface area contributed by atoms with Crippen LogP contribution < -0.4 is 5.73 Å². The van der Waals surface area contributed by atoms with Crippen LogP contribution in [-0.2, 0) is 10.2 Å². The molecule has 2 fully saturated rings. The largest absolute Gasteiger partial charge is 0.379 e. The summed E-state index contributed by atoms with van der Waals surface area (Å²) < 4.78 is 5.59. The third-order valence-electron chi connectivity index (χ3n) is 5.53. The van der Waals surface area contributed by atoms with Crippen molar-refractivity contribution in [3.8, 4) is 0 Å². The molecule has 18 heavy (non-hydrogen) atoms. The van der Waals surface area contributed by atoms with Crippen molar-refractivity contribution >= 4 is 0 Å². The van der Waals surface area contributed by atoms with E-state index in [1.54, 1.807) is 0 Å². The number of hydrogen-bond donors (Lipinski definition) is 1. The smallest absolute Gasteiger partial charge is 0.0591 e. The van der Waals surface area contributed by atoms with Gasteiger partial charge in [-0.15, -0.1) is 0 Å². The van der Waals surface area contributed by atoms with Gasteiger partial charge in [-0.2, -0.15) is 0 Å². The van der Waals surface area contributed by atoms with Gasteiger partial charge in [-0.1, -0.05) is 12.1 Å². The van der Waals surface area contributed by atoms with E-state index in [4.69, 9.17) is 10.5 Å². The lowest BCUT2D eigenvalue weighted by Gasteiger charge is -2.49. The lowest BCUT2D eigenvalue weighted by molar-refractivity contribution is -0.0976. The van der Waals surface area contributed by atoms with Crippen LogP contribution >= 0.6 is 0 Å². The molecule has 0 amide bonds. The van der Waals surface area contributed by atoms with Crippen molar-refractivity contribution in [3.63, 3.8) is 0 Å². The molecular weight excluding hydrogens is 222 g/mol. The molecule has 2 aliphatic rings. The van der Waals surface area contributed by atoms with Gasteiger partial charge in [0.2, 0.25) is 0 Å². The second kappa shape index (κ2) is 3.82. The van der Waals surface area contributed by atoms with Crippen LogP contribution in [0.25, 0.3) is 0 Å². The summed E-state index contributed by atoms with van der Waals surface area (Å²) >= 11 is 0. The van der Waals surface area contributed by atoms with Crippen LogP contribution in [0.3, 0.4) is 0 Å². The molecule has 0 aromatic heterocycles. The maximum Gasteiger partial charge on any atom is 0.0591 e. The fourth-order valence-corrected chi connectivity index (χ4v) is 3.56. The number of aryl methyl sites for hydroxylation is 1. The minimum Gasteiger partial charge on any atom is -0.379 e. The average molecular weight is 245 g/mol. The predicted molar refractivity (Wildman–Crippen MR) is 73.9 cm³/mol. The van der Waals surface area contributed by atoms with Crippen molar-refractivity contribution < 1.29 is 4.74 Å². The molecule has 1 aliphatic carbocycles. The van der Waals surface area contributed by atoms with Gasteiger partial charge in [0.05, 0.1) is 13.2 Å². The molecule has 0 atom stereocenters. The van der Waals surface area contributed by atoms with Crippen LogP contribution in [0.5, 0.6) is 0 Å². The SMILES string of the molecule is Cc1ccc(C2(C3(CN)CC3)COC2)c(C)c1C. The number of ether oxygens (including phenoxy) is 1. The third-order valence-corrected chi connectivity index (χ3v) is 5.53. The third kappa shape index (κ3) is 1.36. The first-order chi connectivity index (χ1) is 8.56. The molecule has 1 aromatic carbocycles. The molecule has 98 valence electrons. The first-order valence-corrected chi connectivity index (χ1v) is 6.91. The highest BCUT2D eigenvalue weighted by Gasteiger charge is 2.63. The molecule has 2 nitrogen and oxygen atoms in total. The molecule has 2 N–H and O–H groups in total.